The lowest BCUT2D eigenvalue weighted by Crippen LogP contribution is -2.07. The van der Waals surface area contributed by atoms with Crippen molar-refractivity contribution in [2.45, 2.75) is 0 Å². The maximum Gasteiger partial charge on any atom is 0.100 e. The molecule has 5 aromatic heterocycles. The minimum absolute atomic E-state index is 0.514. The maximum absolute atomic E-state index is 13.7. The van der Waals surface area contributed by atoms with Crippen LogP contribution in [0.4, 0.5) is 0 Å². The first kappa shape index (κ1) is 58.3. The molecule has 102 heavy (non-hydrogen) atoms. The number of nitrogens with zero attached hydrogens (tertiary/aromatic N) is 6. The highest BCUT2D eigenvalue weighted by Gasteiger charge is 2.36. The Morgan fingerprint density at radius 2 is 0.480 bits per heavy atom. The fourth-order valence-corrected chi connectivity index (χ4v) is 16.7. The van der Waals surface area contributed by atoms with E-state index < -0.39 is 0 Å². The molecule has 5 heterocycles. The SMILES string of the molecule is N#Cc1c(-c2cccc3c4ccccc4n(-c4ccccc4)c23)c(-c2ccc(-c3ccccc3)nc2-c2ccccc2)c(-c2cccc3c4ccccc4n(-c4ccccc4)c23)c(-c2cccc3c4ccccc4n(-c4ccccc4)c23)c1-c1cccc2c3ccccc3n(-c3ccccc3)c12. The van der Waals surface area contributed by atoms with Gasteiger partial charge < -0.3 is 18.3 Å². The molecule has 0 saturated heterocycles. The van der Waals surface area contributed by atoms with E-state index in [0.717, 1.165) is 188 Å². The van der Waals surface area contributed by atoms with Gasteiger partial charge in [0, 0.05) is 133 Å². The number of pyridine rings is 1. The molecule has 0 atom stereocenters. The Labute approximate surface area is 588 Å². The Hall–Kier alpha value is -13.9. The van der Waals surface area contributed by atoms with E-state index >= 15 is 0 Å². The second-order valence-electron chi connectivity index (χ2n) is 26.2. The summed E-state index contributed by atoms with van der Waals surface area (Å²) in [6.07, 6.45) is 0. The van der Waals surface area contributed by atoms with Crippen LogP contribution in [-0.2, 0) is 0 Å². The summed E-state index contributed by atoms with van der Waals surface area (Å²) in [6, 6.07) is 134. The van der Waals surface area contributed by atoms with E-state index in [9.17, 15) is 5.26 Å². The number of aromatic nitrogens is 5. The highest BCUT2D eigenvalue weighted by atomic mass is 15.0. The topological polar surface area (TPSA) is 56.4 Å². The van der Waals surface area contributed by atoms with Crippen LogP contribution in [0.15, 0.2) is 364 Å². The van der Waals surface area contributed by atoms with Crippen LogP contribution in [0, 0.1) is 11.3 Å². The Morgan fingerprint density at radius 1 is 0.216 bits per heavy atom. The largest absolute Gasteiger partial charge is 0.309 e. The third-order valence-electron chi connectivity index (χ3n) is 20.8. The van der Waals surface area contributed by atoms with Gasteiger partial charge in [0.15, 0.2) is 0 Å². The molecule has 6 nitrogen and oxygen atoms in total. The van der Waals surface area contributed by atoms with Gasteiger partial charge in [-0.3, -0.25) is 0 Å². The molecule has 20 aromatic rings. The number of benzene rings is 15. The minimum atomic E-state index is 0.514. The van der Waals surface area contributed by atoms with Crippen molar-refractivity contribution in [2.24, 2.45) is 0 Å². The van der Waals surface area contributed by atoms with Crippen molar-refractivity contribution in [3.05, 3.63) is 370 Å². The van der Waals surface area contributed by atoms with Gasteiger partial charge in [0.05, 0.1) is 61.1 Å². The molecular formula is C96H60N6. The van der Waals surface area contributed by atoms with Gasteiger partial charge in [-0.15, -0.1) is 0 Å². The van der Waals surface area contributed by atoms with Crippen LogP contribution < -0.4 is 0 Å². The molecule has 15 aromatic carbocycles. The van der Waals surface area contributed by atoms with E-state index in [1.807, 2.05) is 0 Å². The summed E-state index contributed by atoms with van der Waals surface area (Å²) in [4.78, 5) is 5.96. The maximum atomic E-state index is 13.7. The van der Waals surface area contributed by atoms with Crippen LogP contribution in [0.2, 0.25) is 0 Å². The predicted molar refractivity (Wildman–Crippen MR) is 424 cm³/mol. The highest BCUT2D eigenvalue weighted by molar-refractivity contribution is 6.26. The summed E-state index contributed by atoms with van der Waals surface area (Å²) in [5.74, 6) is 0. The average molecular weight is 1300 g/mol. The zero-order valence-corrected chi connectivity index (χ0v) is 55.3. The molecule has 6 heteroatoms. The van der Waals surface area contributed by atoms with Gasteiger partial charge in [-0.25, -0.2) is 4.98 Å². The molecule has 0 saturated carbocycles. The number of fused-ring (bicyclic) bond motifs is 12. The summed E-state index contributed by atoms with van der Waals surface area (Å²) < 4.78 is 9.79. The third-order valence-corrected chi connectivity index (χ3v) is 20.8. The fourth-order valence-electron chi connectivity index (χ4n) is 16.7. The first-order valence-electron chi connectivity index (χ1n) is 34.8. The monoisotopic (exact) mass is 1300 g/mol. The lowest BCUT2D eigenvalue weighted by atomic mass is 9.74. The molecule has 0 fully saturated rings. The van der Waals surface area contributed by atoms with E-state index in [1.165, 1.54) is 0 Å². The molecule has 0 N–H and O–H groups in total. The quantitative estimate of drug-likeness (QED) is 0.130. The molecule has 0 aliphatic heterocycles. The third kappa shape index (κ3) is 8.88. The van der Waals surface area contributed by atoms with Gasteiger partial charge in [-0.05, 0) is 84.9 Å². The van der Waals surface area contributed by atoms with Gasteiger partial charge in [-0.1, -0.05) is 279 Å². The van der Waals surface area contributed by atoms with Crippen molar-refractivity contribution in [1.29, 1.82) is 5.26 Å². The molecule has 0 aliphatic carbocycles. The Morgan fingerprint density at radius 3 is 0.814 bits per heavy atom. The standard InChI is InChI=1S/C96H60N6/c97-61-81-87(77-51-27-47-72-68-43-19-23-55-83(68)99(93(72)77)64-35-11-3-12-36-64)89(76-59-60-82(62-31-7-1-8-32-62)98-92(76)63-33-9-2-10-34-63)91(80-54-30-50-75-71-46-22-26-58-86(71)102(96(75)80)67-41-17-6-18-42-67)90(79-53-29-49-74-70-45-21-25-57-85(70)101(95(74)79)66-39-15-5-16-40-66)88(81)78-52-28-48-73-69-44-20-24-56-84(69)100(94(73)78)65-37-13-4-14-38-65/h1-60H. The van der Waals surface area contributed by atoms with Gasteiger partial charge in [0.25, 0.3) is 0 Å². The molecular weight excluding hydrogens is 1240 g/mol. The smallest absolute Gasteiger partial charge is 0.100 e. The summed E-state index contributed by atoms with van der Waals surface area (Å²) in [7, 11) is 0. The molecule has 0 spiro atoms. The van der Waals surface area contributed by atoms with Gasteiger partial charge in [-0.2, -0.15) is 5.26 Å². The Kier molecular flexibility index (Phi) is 13.6. The fraction of sp³-hybridized carbons (Fsp3) is 0. The van der Waals surface area contributed by atoms with Gasteiger partial charge in [0.1, 0.15) is 6.07 Å². The van der Waals surface area contributed by atoms with Crippen LogP contribution in [-0.4, -0.2) is 23.3 Å². The number of nitriles is 1. The minimum Gasteiger partial charge on any atom is -0.309 e. The number of para-hydroxylation sites is 12. The number of rotatable bonds is 11. The highest BCUT2D eigenvalue weighted by Crippen LogP contribution is 2.59. The molecule has 20 rings (SSSR count). The molecule has 474 valence electrons. The molecule has 0 unspecified atom stereocenters. The average Bonchev–Trinajstić information content (AvgIpc) is 1.27. The van der Waals surface area contributed by atoms with E-state index in [4.69, 9.17) is 4.98 Å². The van der Waals surface area contributed by atoms with Crippen molar-refractivity contribution in [1.82, 2.24) is 23.3 Å². The van der Waals surface area contributed by atoms with Gasteiger partial charge in [0.2, 0.25) is 0 Å². The summed E-state index contributed by atoms with van der Waals surface area (Å²) in [6.45, 7) is 0. The van der Waals surface area contributed by atoms with Crippen LogP contribution >= 0.6 is 0 Å². The summed E-state index contributed by atoms with van der Waals surface area (Å²) in [5, 5.41) is 22.5. The van der Waals surface area contributed by atoms with Gasteiger partial charge >= 0.3 is 0 Å². The van der Waals surface area contributed by atoms with Crippen LogP contribution in [0.1, 0.15) is 5.56 Å². The lowest BCUT2D eigenvalue weighted by molar-refractivity contribution is 1.18. The second-order valence-corrected chi connectivity index (χ2v) is 26.2. The van der Waals surface area contributed by atoms with Crippen molar-refractivity contribution in [2.75, 3.05) is 0 Å². The molecule has 0 bridgehead atoms. The number of hydrogen-bond donors (Lipinski definition) is 0. The molecule has 0 aliphatic rings. The number of hydrogen-bond acceptors (Lipinski definition) is 2. The predicted octanol–water partition coefficient (Wildman–Crippen LogP) is 25.0. The normalized spacial score (nSPS) is 11.7. The van der Waals surface area contributed by atoms with E-state index in [1.54, 1.807) is 0 Å². The summed E-state index contributed by atoms with van der Waals surface area (Å²) >= 11 is 0. The van der Waals surface area contributed by atoms with Crippen LogP contribution in [0.25, 0.3) is 188 Å². The van der Waals surface area contributed by atoms with Crippen LogP contribution in [0.3, 0.4) is 0 Å². The first-order valence-corrected chi connectivity index (χ1v) is 34.8. The van der Waals surface area contributed by atoms with E-state index in [-0.39, 0.29) is 0 Å². The second kappa shape index (κ2) is 23.7. The first-order chi connectivity index (χ1) is 50.7. The van der Waals surface area contributed by atoms with E-state index in [0.29, 0.717) is 5.56 Å². The van der Waals surface area contributed by atoms with Crippen molar-refractivity contribution in [3.63, 3.8) is 0 Å². The van der Waals surface area contributed by atoms with Crippen molar-refractivity contribution >= 4 is 87.2 Å². The zero-order valence-electron chi connectivity index (χ0n) is 55.3. The van der Waals surface area contributed by atoms with E-state index in [2.05, 4.69) is 388 Å². The van der Waals surface area contributed by atoms with Crippen molar-refractivity contribution < 1.29 is 0 Å². The summed E-state index contributed by atoms with van der Waals surface area (Å²) in [5.41, 5.74) is 25.2. The van der Waals surface area contributed by atoms with Crippen LogP contribution in [0.5, 0.6) is 0 Å². The Balaban J connectivity index is 1.12. The Bertz CT molecular complexity index is 6780. The van der Waals surface area contributed by atoms with Crippen molar-refractivity contribution in [3.8, 4) is 107 Å². The lowest BCUT2D eigenvalue weighted by Gasteiger charge is -2.29. The molecule has 0 radical (unpaired) electrons. The zero-order chi connectivity index (χ0) is 67.4. The molecule has 0 amide bonds.